The summed E-state index contributed by atoms with van der Waals surface area (Å²) in [5.74, 6) is 0.148. The molecule has 2 aromatic carbocycles. The van der Waals surface area contributed by atoms with Crippen molar-refractivity contribution in [3.05, 3.63) is 59.2 Å². The van der Waals surface area contributed by atoms with Crippen molar-refractivity contribution in [3.8, 4) is 11.1 Å². The maximum absolute atomic E-state index is 12.2. The van der Waals surface area contributed by atoms with Crippen LogP contribution in [-0.2, 0) is 11.2 Å². The molecule has 3 nitrogen and oxygen atoms in total. The number of carbonyl (C=O) groups excluding carboxylic acids is 1. The van der Waals surface area contributed by atoms with Crippen molar-refractivity contribution < 1.29 is 4.79 Å². The monoisotopic (exact) mass is 308 g/mol. The van der Waals surface area contributed by atoms with Gasteiger partial charge >= 0.3 is 0 Å². The predicted molar refractivity (Wildman–Crippen MR) is 94.4 cm³/mol. The van der Waals surface area contributed by atoms with E-state index in [9.17, 15) is 4.79 Å². The first-order chi connectivity index (χ1) is 11.1. The average molecular weight is 308 g/mol. The molecule has 0 saturated carbocycles. The second-order valence-electron chi connectivity index (χ2n) is 6.37. The van der Waals surface area contributed by atoms with Crippen LogP contribution in [0.25, 0.3) is 11.1 Å². The average Bonchev–Trinajstić information content (AvgIpc) is 2.73. The van der Waals surface area contributed by atoms with Gasteiger partial charge in [-0.25, -0.2) is 0 Å². The molecule has 120 valence electrons. The molecule has 1 aliphatic heterocycles. The highest BCUT2D eigenvalue weighted by Gasteiger charge is 2.22. The molecule has 1 atom stereocenters. The summed E-state index contributed by atoms with van der Waals surface area (Å²) in [4.78, 5) is 12.2. The zero-order valence-electron chi connectivity index (χ0n) is 13.9. The van der Waals surface area contributed by atoms with E-state index in [1.165, 1.54) is 27.8 Å². The van der Waals surface area contributed by atoms with Crippen LogP contribution in [0.3, 0.4) is 0 Å². The lowest BCUT2D eigenvalue weighted by Crippen LogP contribution is -2.32. The molecule has 1 amide bonds. The van der Waals surface area contributed by atoms with Gasteiger partial charge in [-0.05, 0) is 42.5 Å². The molecule has 0 bridgehead atoms. The summed E-state index contributed by atoms with van der Waals surface area (Å²) >= 11 is 0. The molecular weight excluding hydrogens is 284 g/mol. The third kappa shape index (κ3) is 3.62. The van der Waals surface area contributed by atoms with E-state index in [4.69, 9.17) is 0 Å². The Bertz CT molecular complexity index is 709. The van der Waals surface area contributed by atoms with Crippen molar-refractivity contribution >= 4 is 5.91 Å². The second-order valence-corrected chi connectivity index (χ2v) is 6.37. The third-order valence-corrected chi connectivity index (χ3v) is 4.52. The molecule has 1 aliphatic rings. The first-order valence-corrected chi connectivity index (χ1v) is 8.29. The van der Waals surface area contributed by atoms with Crippen LogP contribution in [0.2, 0.25) is 0 Å². The van der Waals surface area contributed by atoms with Crippen LogP contribution in [0.15, 0.2) is 42.5 Å². The van der Waals surface area contributed by atoms with E-state index in [1.54, 1.807) is 0 Å². The van der Waals surface area contributed by atoms with Gasteiger partial charge in [-0.2, -0.15) is 0 Å². The van der Waals surface area contributed by atoms with Crippen LogP contribution in [0.4, 0.5) is 0 Å². The lowest BCUT2D eigenvalue weighted by atomic mass is 9.89. The van der Waals surface area contributed by atoms with E-state index >= 15 is 0 Å². The molecule has 3 heteroatoms. The van der Waals surface area contributed by atoms with Crippen LogP contribution in [0.5, 0.6) is 0 Å². The summed E-state index contributed by atoms with van der Waals surface area (Å²) in [6.45, 7) is 6.57. The summed E-state index contributed by atoms with van der Waals surface area (Å²) in [6, 6.07) is 15.0. The van der Waals surface area contributed by atoms with Gasteiger partial charge in [0.05, 0.1) is 5.92 Å². The number of nitrogens with one attached hydrogen (secondary N) is 2. The van der Waals surface area contributed by atoms with Crippen molar-refractivity contribution in [2.45, 2.75) is 20.3 Å². The van der Waals surface area contributed by atoms with Gasteiger partial charge in [0.2, 0.25) is 5.91 Å². The molecule has 3 rings (SSSR count). The first-order valence-electron chi connectivity index (χ1n) is 8.29. The molecular formula is C20H24N2O. The molecule has 0 radical (unpaired) electrons. The molecule has 0 unspecified atom stereocenters. The number of amides is 1. The summed E-state index contributed by atoms with van der Waals surface area (Å²) in [5, 5.41) is 6.33. The zero-order chi connectivity index (χ0) is 16.2. The molecule has 1 fully saturated rings. The van der Waals surface area contributed by atoms with Gasteiger partial charge in [0.25, 0.3) is 0 Å². The van der Waals surface area contributed by atoms with Crippen molar-refractivity contribution in [1.82, 2.24) is 10.6 Å². The highest BCUT2D eigenvalue weighted by Crippen LogP contribution is 2.29. The fourth-order valence-corrected chi connectivity index (χ4v) is 3.29. The van der Waals surface area contributed by atoms with Gasteiger partial charge in [-0.15, -0.1) is 0 Å². The van der Waals surface area contributed by atoms with E-state index in [0.717, 1.165) is 19.5 Å². The third-order valence-electron chi connectivity index (χ3n) is 4.52. The molecule has 0 aromatic heterocycles. The number of hydrogen-bond acceptors (Lipinski definition) is 2. The Hall–Kier alpha value is -2.13. The summed E-state index contributed by atoms with van der Waals surface area (Å²) < 4.78 is 0. The lowest BCUT2D eigenvalue weighted by Gasteiger charge is -2.17. The van der Waals surface area contributed by atoms with Gasteiger partial charge in [-0.1, -0.05) is 48.0 Å². The molecule has 2 aromatic rings. The van der Waals surface area contributed by atoms with Crippen LogP contribution < -0.4 is 10.6 Å². The van der Waals surface area contributed by atoms with Crippen LogP contribution in [0.1, 0.15) is 16.7 Å². The van der Waals surface area contributed by atoms with Crippen molar-refractivity contribution in [2.24, 2.45) is 5.92 Å². The Morgan fingerprint density at radius 1 is 1.04 bits per heavy atom. The van der Waals surface area contributed by atoms with Crippen LogP contribution in [-0.4, -0.2) is 25.5 Å². The Kier molecular flexibility index (Phi) is 4.77. The lowest BCUT2D eigenvalue weighted by molar-refractivity contribution is -0.124. The number of rotatable bonds is 3. The topological polar surface area (TPSA) is 41.1 Å². The minimum atomic E-state index is -0.00981. The van der Waals surface area contributed by atoms with E-state index < -0.39 is 0 Å². The van der Waals surface area contributed by atoms with Gasteiger partial charge in [0, 0.05) is 19.6 Å². The standard InChI is InChI=1S/C20H24N2O/c1-14-7-8-18(15(2)11-14)19-6-4-3-5-16(19)12-17-13-21-9-10-22-20(17)23/h3-8,11,17,21H,9-10,12-13H2,1-2H3,(H,22,23)/t17-/m0/s1. The fourth-order valence-electron chi connectivity index (χ4n) is 3.29. The Balaban J connectivity index is 1.93. The second kappa shape index (κ2) is 6.97. The Morgan fingerprint density at radius 2 is 1.87 bits per heavy atom. The SMILES string of the molecule is Cc1ccc(-c2ccccc2C[C@H]2CNCCNC2=O)c(C)c1. The minimum Gasteiger partial charge on any atom is -0.355 e. The van der Waals surface area contributed by atoms with Crippen molar-refractivity contribution in [1.29, 1.82) is 0 Å². The number of carbonyl (C=O) groups is 1. The Morgan fingerprint density at radius 3 is 2.70 bits per heavy atom. The summed E-state index contributed by atoms with van der Waals surface area (Å²) in [7, 11) is 0. The molecule has 0 spiro atoms. The zero-order valence-corrected chi connectivity index (χ0v) is 13.9. The van der Waals surface area contributed by atoms with E-state index in [0.29, 0.717) is 6.54 Å². The number of aryl methyl sites for hydroxylation is 2. The largest absolute Gasteiger partial charge is 0.355 e. The fraction of sp³-hybridized carbons (Fsp3) is 0.350. The number of hydrogen-bond donors (Lipinski definition) is 2. The molecule has 23 heavy (non-hydrogen) atoms. The molecule has 0 aliphatic carbocycles. The molecule has 1 saturated heterocycles. The first kappa shape index (κ1) is 15.8. The quantitative estimate of drug-likeness (QED) is 0.915. The maximum atomic E-state index is 12.2. The molecule has 2 N–H and O–H groups in total. The summed E-state index contributed by atoms with van der Waals surface area (Å²) in [5.41, 5.74) is 6.29. The van der Waals surface area contributed by atoms with Crippen LogP contribution >= 0.6 is 0 Å². The van der Waals surface area contributed by atoms with Crippen LogP contribution in [0, 0.1) is 19.8 Å². The van der Waals surface area contributed by atoms with E-state index in [1.807, 2.05) is 0 Å². The van der Waals surface area contributed by atoms with Gasteiger partial charge in [-0.3, -0.25) is 4.79 Å². The highest BCUT2D eigenvalue weighted by atomic mass is 16.1. The highest BCUT2D eigenvalue weighted by molar-refractivity contribution is 5.80. The number of benzene rings is 2. The normalized spacial score (nSPS) is 18.3. The van der Waals surface area contributed by atoms with E-state index in [-0.39, 0.29) is 11.8 Å². The van der Waals surface area contributed by atoms with Gasteiger partial charge in [0.15, 0.2) is 0 Å². The Labute approximate surface area is 138 Å². The van der Waals surface area contributed by atoms with Gasteiger partial charge in [0.1, 0.15) is 0 Å². The van der Waals surface area contributed by atoms with Gasteiger partial charge < -0.3 is 10.6 Å². The molecule has 1 heterocycles. The van der Waals surface area contributed by atoms with Crippen molar-refractivity contribution in [2.75, 3.05) is 19.6 Å². The van der Waals surface area contributed by atoms with Crippen molar-refractivity contribution in [3.63, 3.8) is 0 Å². The summed E-state index contributed by atoms with van der Waals surface area (Å²) in [6.07, 6.45) is 0.766. The minimum absolute atomic E-state index is 0.00981. The smallest absolute Gasteiger partial charge is 0.224 e. The predicted octanol–water partition coefficient (Wildman–Crippen LogP) is 2.85. The maximum Gasteiger partial charge on any atom is 0.224 e. The van der Waals surface area contributed by atoms with E-state index in [2.05, 4.69) is 66.9 Å².